The minimum absolute atomic E-state index is 0.407. The Morgan fingerprint density at radius 3 is 3.00 bits per heavy atom. The van der Waals surface area contributed by atoms with Gasteiger partial charge in [0.1, 0.15) is 0 Å². The van der Waals surface area contributed by atoms with Gasteiger partial charge in [-0.25, -0.2) is 0 Å². The fourth-order valence-corrected chi connectivity index (χ4v) is 0.721. The van der Waals surface area contributed by atoms with E-state index in [1.807, 2.05) is 19.2 Å². The molecule has 0 aliphatic rings. The van der Waals surface area contributed by atoms with Gasteiger partial charge >= 0.3 is 0 Å². The molecule has 0 saturated heterocycles. The molecule has 11 heavy (non-hydrogen) atoms. The van der Waals surface area contributed by atoms with Crippen LogP contribution in [0.5, 0.6) is 0 Å². The molecule has 0 spiro atoms. The van der Waals surface area contributed by atoms with E-state index < -0.39 is 0 Å². The molecule has 1 atom stereocenters. The summed E-state index contributed by atoms with van der Waals surface area (Å²) in [7, 11) is 1.93. The minimum atomic E-state index is 0.407. The van der Waals surface area contributed by atoms with E-state index in [4.69, 9.17) is 4.42 Å². The third-order valence-electron chi connectivity index (χ3n) is 1.58. The monoisotopic (exact) mass is 151 g/mol. The first-order chi connectivity index (χ1) is 5.33. The summed E-state index contributed by atoms with van der Waals surface area (Å²) in [6.07, 6.45) is 7.51. The Kier molecular flexibility index (Phi) is 2.93. The van der Waals surface area contributed by atoms with Crippen molar-refractivity contribution in [2.45, 2.75) is 13.0 Å². The van der Waals surface area contributed by atoms with Crippen molar-refractivity contribution in [2.75, 3.05) is 7.05 Å². The maximum Gasteiger partial charge on any atom is 0.0974 e. The second-order valence-corrected chi connectivity index (χ2v) is 2.49. The molecular formula is C9H13NO. The van der Waals surface area contributed by atoms with Gasteiger partial charge in [0.25, 0.3) is 0 Å². The quantitative estimate of drug-likeness (QED) is 0.713. The van der Waals surface area contributed by atoms with Crippen molar-refractivity contribution in [3.8, 4) is 0 Å². The summed E-state index contributed by atoms with van der Waals surface area (Å²) in [5, 5.41) is 3.11. The highest BCUT2D eigenvalue weighted by molar-refractivity contribution is 5.47. The lowest BCUT2D eigenvalue weighted by Gasteiger charge is -2.00. The van der Waals surface area contributed by atoms with Crippen LogP contribution < -0.4 is 5.32 Å². The highest BCUT2D eigenvalue weighted by Gasteiger charge is 1.90. The van der Waals surface area contributed by atoms with Crippen molar-refractivity contribution in [2.24, 2.45) is 0 Å². The first kappa shape index (κ1) is 8.08. The Balaban J connectivity index is 2.48. The Morgan fingerprint density at radius 2 is 2.45 bits per heavy atom. The van der Waals surface area contributed by atoms with Crippen LogP contribution >= 0.6 is 0 Å². The molecule has 0 fully saturated rings. The van der Waals surface area contributed by atoms with Gasteiger partial charge in [-0.15, -0.1) is 0 Å². The minimum Gasteiger partial charge on any atom is -0.472 e. The van der Waals surface area contributed by atoms with Crippen molar-refractivity contribution in [1.29, 1.82) is 0 Å². The molecule has 0 aliphatic heterocycles. The van der Waals surface area contributed by atoms with Gasteiger partial charge in [0.2, 0.25) is 0 Å². The molecule has 0 aromatic carbocycles. The molecule has 1 unspecified atom stereocenters. The molecular weight excluding hydrogens is 138 g/mol. The van der Waals surface area contributed by atoms with Gasteiger partial charge < -0.3 is 9.73 Å². The largest absolute Gasteiger partial charge is 0.472 e. The predicted octanol–water partition coefficient (Wildman–Crippen LogP) is 1.90. The SMILES string of the molecule is CNC(C)/C=C/c1ccoc1. The van der Waals surface area contributed by atoms with E-state index in [0.717, 1.165) is 5.56 Å². The van der Waals surface area contributed by atoms with Crippen LogP contribution in [0.3, 0.4) is 0 Å². The van der Waals surface area contributed by atoms with E-state index in [0.29, 0.717) is 6.04 Å². The summed E-state index contributed by atoms with van der Waals surface area (Å²) < 4.78 is 4.91. The number of rotatable bonds is 3. The number of likely N-dealkylation sites (N-methyl/N-ethyl adjacent to an activating group) is 1. The number of hydrogen-bond donors (Lipinski definition) is 1. The lowest BCUT2D eigenvalue weighted by Crippen LogP contribution is -2.17. The third-order valence-corrected chi connectivity index (χ3v) is 1.58. The summed E-state index contributed by atoms with van der Waals surface area (Å²) >= 11 is 0. The van der Waals surface area contributed by atoms with E-state index in [1.54, 1.807) is 12.5 Å². The van der Waals surface area contributed by atoms with Crippen molar-refractivity contribution < 1.29 is 4.42 Å². The van der Waals surface area contributed by atoms with Gasteiger partial charge in [-0.1, -0.05) is 12.2 Å². The molecule has 0 bridgehead atoms. The molecule has 60 valence electrons. The average Bonchev–Trinajstić information content (AvgIpc) is 2.52. The van der Waals surface area contributed by atoms with Gasteiger partial charge in [-0.2, -0.15) is 0 Å². The summed E-state index contributed by atoms with van der Waals surface area (Å²) in [6, 6.07) is 2.34. The van der Waals surface area contributed by atoms with Crippen LogP contribution in [-0.2, 0) is 0 Å². The van der Waals surface area contributed by atoms with Crippen LogP contribution in [-0.4, -0.2) is 13.1 Å². The molecule has 2 heteroatoms. The Hall–Kier alpha value is -1.02. The second-order valence-electron chi connectivity index (χ2n) is 2.49. The van der Waals surface area contributed by atoms with E-state index in [2.05, 4.69) is 18.3 Å². The zero-order valence-corrected chi connectivity index (χ0v) is 6.87. The van der Waals surface area contributed by atoms with Crippen LogP contribution in [0.15, 0.2) is 29.1 Å². The maximum atomic E-state index is 4.91. The molecule has 1 heterocycles. The molecule has 0 saturated carbocycles. The first-order valence-corrected chi connectivity index (χ1v) is 3.70. The molecule has 0 aliphatic carbocycles. The number of furan rings is 1. The van der Waals surface area contributed by atoms with Crippen LogP contribution in [0, 0.1) is 0 Å². The van der Waals surface area contributed by atoms with Gasteiger partial charge in [-0.05, 0) is 20.0 Å². The molecule has 1 aromatic heterocycles. The predicted molar refractivity (Wildman–Crippen MR) is 46.3 cm³/mol. The molecule has 1 rings (SSSR count). The maximum absolute atomic E-state index is 4.91. The van der Waals surface area contributed by atoms with Gasteiger partial charge in [-0.3, -0.25) is 0 Å². The summed E-state index contributed by atoms with van der Waals surface area (Å²) in [4.78, 5) is 0. The van der Waals surface area contributed by atoms with Crippen LogP contribution in [0.4, 0.5) is 0 Å². The molecule has 1 aromatic rings. The Labute approximate surface area is 66.9 Å². The number of nitrogens with one attached hydrogen (secondary N) is 1. The van der Waals surface area contributed by atoms with Crippen molar-refractivity contribution in [3.63, 3.8) is 0 Å². The van der Waals surface area contributed by atoms with Crippen molar-refractivity contribution in [3.05, 3.63) is 30.2 Å². The number of hydrogen-bond acceptors (Lipinski definition) is 2. The lowest BCUT2D eigenvalue weighted by molar-refractivity contribution is 0.567. The second kappa shape index (κ2) is 3.98. The van der Waals surface area contributed by atoms with E-state index >= 15 is 0 Å². The Morgan fingerprint density at radius 1 is 1.64 bits per heavy atom. The molecule has 2 nitrogen and oxygen atoms in total. The molecule has 0 radical (unpaired) electrons. The highest BCUT2D eigenvalue weighted by Crippen LogP contribution is 2.02. The summed E-state index contributed by atoms with van der Waals surface area (Å²) in [5.74, 6) is 0. The smallest absolute Gasteiger partial charge is 0.0974 e. The van der Waals surface area contributed by atoms with Crippen molar-refractivity contribution in [1.82, 2.24) is 5.32 Å². The normalized spacial score (nSPS) is 14.0. The van der Waals surface area contributed by atoms with Gasteiger partial charge in [0.05, 0.1) is 12.5 Å². The van der Waals surface area contributed by atoms with Gasteiger partial charge in [0.15, 0.2) is 0 Å². The van der Waals surface area contributed by atoms with E-state index in [1.165, 1.54) is 0 Å². The van der Waals surface area contributed by atoms with Crippen molar-refractivity contribution >= 4 is 6.08 Å². The van der Waals surface area contributed by atoms with Crippen LogP contribution in [0.2, 0.25) is 0 Å². The first-order valence-electron chi connectivity index (χ1n) is 3.70. The van der Waals surface area contributed by atoms with Gasteiger partial charge in [0, 0.05) is 11.6 Å². The van der Waals surface area contributed by atoms with Crippen LogP contribution in [0.25, 0.3) is 6.08 Å². The van der Waals surface area contributed by atoms with E-state index in [9.17, 15) is 0 Å². The van der Waals surface area contributed by atoms with Crippen LogP contribution in [0.1, 0.15) is 12.5 Å². The standard InChI is InChI=1S/C9H13NO/c1-8(10-2)3-4-9-5-6-11-7-9/h3-8,10H,1-2H3/b4-3+. The molecule has 1 N–H and O–H groups in total. The summed E-state index contributed by atoms with van der Waals surface area (Å²) in [6.45, 7) is 2.09. The Bertz CT molecular complexity index is 213. The fourth-order valence-electron chi connectivity index (χ4n) is 0.721. The molecule has 0 amide bonds. The third kappa shape index (κ3) is 2.60. The zero-order valence-electron chi connectivity index (χ0n) is 6.87. The van der Waals surface area contributed by atoms with E-state index in [-0.39, 0.29) is 0 Å². The summed E-state index contributed by atoms with van der Waals surface area (Å²) in [5.41, 5.74) is 1.10. The lowest BCUT2D eigenvalue weighted by atomic mass is 10.2. The average molecular weight is 151 g/mol. The topological polar surface area (TPSA) is 25.2 Å². The fraction of sp³-hybridized carbons (Fsp3) is 0.333. The highest BCUT2D eigenvalue weighted by atomic mass is 16.3. The zero-order chi connectivity index (χ0) is 8.10.